The van der Waals surface area contributed by atoms with E-state index in [-0.39, 0.29) is 5.78 Å². The highest BCUT2D eigenvalue weighted by molar-refractivity contribution is 5.78. The smallest absolute Gasteiger partial charge is 0.214 e. The Kier molecular flexibility index (Phi) is 3.39. The van der Waals surface area contributed by atoms with Crippen molar-refractivity contribution in [2.75, 3.05) is 6.61 Å². The third kappa shape index (κ3) is 2.71. The number of carbonyl (C=O) groups excluding carboxylic acids is 1. The first-order valence-corrected chi connectivity index (χ1v) is 2.48. The van der Waals surface area contributed by atoms with E-state index in [2.05, 4.69) is 4.74 Å². The maximum Gasteiger partial charge on any atom is 0.214 e. The fraction of sp³-hybridized carbons (Fsp3) is 0.800. The van der Waals surface area contributed by atoms with Crippen molar-refractivity contribution >= 4 is 5.78 Å². The van der Waals surface area contributed by atoms with Gasteiger partial charge in [0.15, 0.2) is 5.78 Å². The summed E-state index contributed by atoms with van der Waals surface area (Å²) in [5.74, 6) is -0.355. The molecule has 0 fully saturated rings. The first-order chi connectivity index (χ1) is 3.68. The van der Waals surface area contributed by atoms with Gasteiger partial charge < -0.3 is 9.84 Å². The third-order valence-electron chi connectivity index (χ3n) is 0.672. The summed E-state index contributed by atoms with van der Waals surface area (Å²) < 4.78 is 4.51. The van der Waals surface area contributed by atoms with Crippen molar-refractivity contribution in [1.29, 1.82) is 0 Å². The lowest BCUT2D eigenvalue weighted by Crippen LogP contribution is -2.20. The number of aliphatic hydroxyl groups excluding tert-OH is 1. The Balaban J connectivity index is 3.32. The Morgan fingerprint density at radius 1 is 1.88 bits per heavy atom. The standard InChI is InChI=1S/C5H10O3/c1-3-8-5(7)4(2)6/h5,7H,3H2,1-2H3/t5-/m1/s1. The summed E-state index contributed by atoms with van der Waals surface area (Å²) in [7, 11) is 0. The van der Waals surface area contributed by atoms with Crippen LogP contribution in [0.1, 0.15) is 13.8 Å². The third-order valence-corrected chi connectivity index (χ3v) is 0.672. The van der Waals surface area contributed by atoms with Crippen LogP contribution < -0.4 is 0 Å². The molecule has 1 N–H and O–H groups in total. The molecule has 0 aromatic carbocycles. The van der Waals surface area contributed by atoms with Crippen LogP contribution in [0.25, 0.3) is 0 Å². The predicted octanol–water partition coefficient (Wildman–Crippen LogP) is -0.0697. The second kappa shape index (κ2) is 3.57. The lowest BCUT2D eigenvalue weighted by atomic mass is 10.4. The van der Waals surface area contributed by atoms with Gasteiger partial charge in [0.2, 0.25) is 6.29 Å². The number of ketones is 1. The van der Waals surface area contributed by atoms with E-state index in [0.717, 1.165) is 0 Å². The largest absolute Gasteiger partial charge is 0.362 e. The highest BCUT2D eigenvalue weighted by Crippen LogP contribution is 1.85. The van der Waals surface area contributed by atoms with Gasteiger partial charge in [-0.2, -0.15) is 0 Å². The van der Waals surface area contributed by atoms with Gasteiger partial charge in [-0.25, -0.2) is 0 Å². The lowest BCUT2D eigenvalue weighted by molar-refractivity contribution is -0.152. The van der Waals surface area contributed by atoms with E-state index in [0.29, 0.717) is 6.61 Å². The maximum absolute atomic E-state index is 10.2. The molecule has 3 heteroatoms. The van der Waals surface area contributed by atoms with Crippen LogP contribution in [0, 0.1) is 0 Å². The summed E-state index contributed by atoms with van der Waals surface area (Å²) >= 11 is 0. The molecule has 0 aliphatic heterocycles. The Bertz CT molecular complexity index is 79.7. The molecule has 0 heterocycles. The van der Waals surface area contributed by atoms with Crippen molar-refractivity contribution in [2.45, 2.75) is 20.1 Å². The van der Waals surface area contributed by atoms with Crippen LogP contribution in [0.15, 0.2) is 0 Å². The number of hydrogen-bond acceptors (Lipinski definition) is 3. The van der Waals surface area contributed by atoms with Crippen LogP contribution in [-0.2, 0) is 9.53 Å². The van der Waals surface area contributed by atoms with Crippen molar-refractivity contribution in [3.8, 4) is 0 Å². The summed E-state index contributed by atoms with van der Waals surface area (Å²) in [4.78, 5) is 10.2. The fourth-order valence-corrected chi connectivity index (χ4v) is 0.275. The molecule has 0 radical (unpaired) electrons. The number of hydrogen-bond donors (Lipinski definition) is 1. The first-order valence-electron chi connectivity index (χ1n) is 2.48. The monoisotopic (exact) mass is 118 g/mol. The number of rotatable bonds is 3. The van der Waals surface area contributed by atoms with E-state index < -0.39 is 6.29 Å². The molecular formula is C5H10O3. The summed E-state index contributed by atoms with van der Waals surface area (Å²) in [5, 5.41) is 8.55. The van der Waals surface area contributed by atoms with Crippen LogP contribution >= 0.6 is 0 Å². The molecular weight excluding hydrogens is 108 g/mol. The van der Waals surface area contributed by atoms with E-state index in [4.69, 9.17) is 5.11 Å². The van der Waals surface area contributed by atoms with Gasteiger partial charge >= 0.3 is 0 Å². The van der Waals surface area contributed by atoms with Crippen molar-refractivity contribution in [2.24, 2.45) is 0 Å². The summed E-state index contributed by atoms with van der Waals surface area (Å²) in [6.45, 7) is 3.35. The molecule has 0 aromatic heterocycles. The Morgan fingerprint density at radius 2 is 2.38 bits per heavy atom. The van der Waals surface area contributed by atoms with E-state index in [1.54, 1.807) is 6.92 Å². The lowest BCUT2D eigenvalue weighted by Gasteiger charge is -2.03. The van der Waals surface area contributed by atoms with Gasteiger partial charge in [0.1, 0.15) is 0 Å². The molecule has 0 bridgehead atoms. The molecule has 0 saturated heterocycles. The number of Topliss-reactive ketones (excluding diaryl/α,β-unsaturated/α-hetero) is 1. The van der Waals surface area contributed by atoms with Gasteiger partial charge in [0.25, 0.3) is 0 Å². The molecule has 1 atom stereocenters. The van der Waals surface area contributed by atoms with Crippen LogP contribution in [-0.4, -0.2) is 23.8 Å². The van der Waals surface area contributed by atoms with Gasteiger partial charge in [0, 0.05) is 6.61 Å². The van der Waals surface area contributed by atoms with Crippen LogP contribution in [0.4, 0.5) is 0 Å². The highest BCUT2D eigenvalue weighted by Gasteiger charge is 2.06. The zero-order chi connectivity index (χ0) is 6.57. The van der Waals surface area contributed by atoms with E-state index in [9.17, 15) is 4.79 Å². The average Bonchev–Trinajstić information content (AvgIpc) is 1.67. The van der Waals surface area contributed by atoms with Crippen molar-refractivity contribution in [3.05, 3.63) is 0 Å². The molecule has 0 aliphatic rings. The van der Waals surface area contributed by atoms with Gasteiger partial charge in [-0.15, -0.1) is 0 Å². The van der Waals surface area contributed by atoms with Crippen molar-refractivity contribution in [1.82, 2.24) is 0 Å². The van der Waals surface area contributed by atoms with E-state index in [1.165, 1.54) is 6.92 Å². The summed E-state index contributed by atoms with van der Waals surface area (Å²) in [5.41, 5.74) is 0. The zero-order valence-electron chi connectivity index (χ0n) is 5.05. The van der Waals surface area contributed by atoms with Gasteiger partial charge in [-0.1, -0.05) is 0 Å². The first kappa shape index (κ1) is 7.59. The molecule has 0 aliphatic carbocycles. The van der Waals surface area contributed by atoms with Crippen molar-refractivity contribution in [3.63, 3.8) is 0 Å². The maximum atomic E-state index is 10.2. The Labute approximate surface area is 48.3 Å². The molecule has 0 saturated carbocycles. The quantitative estimate of drug-likeness (QED) is 0.528. The number of aliphatic hydroxyl groups is 1. The van der Waals surface area contributed by atoms with Gasteiger partial charge in [-0.3, -0.25) is 4.79 Å². The second-order valence-electron chi connectivity index (χ2n) is 1.42. The van der Waals surface area contributed by atoms with Crippen LogP contribution in [0.2, 0.25) is 0 Å². The SMILES string of the molecule is CCO[C@@H](O)C(C)=O. The minimum Gasteiger partial charge on any atom is -0.362 e. The fourth-order valence-electron chi connectivity index (χ4n) is 0.275. The van der Waals surface area contributed by atoms with Crippen LogP contribution in [0.3, 0.4) is 0 Å². The summed E-state index contributed by atoms with van der Waals surface area (Å²) in [6, 6.07) is 0. The second-order valence-corrected chi connectivity index (χ2v) is 1.42. The molecule has 3 nitrogen and oxygen atoms in total. The van der Waals surface area contributed by atoms with Gasteiger partial charge in [0.05, 0.1) is 0 Å². The van der Waals surface area contributed by atoms with Crippen LogP contribution in [0.5, 0.6) is 0 Å². The molecule has 0 amide bonds. The predicted molar refractivity (Wildman–Crippen MR) is 28.3 cm³/mol. The number of carbonyl (C=O) groups is 1. The minimum atomic E-state index is -1.22. The molecule has 48 valence electrons. The molecule has 0 rings (SSSR count). The summed E-state index contributed by atoms with van der Waals surface area (Å²) in [6.07, 6.45) is -1.22. The molecule has 0 aromatic rings. The average molecular weight is 118 g/mol. The highest BCUT2D eigenvalue weighted by atomic mass is 16.6. The van der Waals surface area contributed by atoms with Gasteiger partial charge in [-0.05, 0) is 13.8 Å². The normalized spacial score (nSPS) is 13.4. The number of ether oxygens (including phenoxy) is 1. The van der Waals surface area contributed by atoms with E-state index >= 15 is 0 Å². The minimum absolute atomic E-state index is 0.355. The molecule has 0 unspecified atom stereocenters. The molecule has 0 spiro atoms. The van der Waals surface area contributed by atoms with Crippen molar-refractivity contribution < 1.29 is 14.6 Å². The zero-order valence-corrected chi connectivity index (χ0v) is 5.05. The Hall–Kier alpha value is -0.410. The topological polar surface area (TPSA) is 46.5 Å². The van der Waals surface area contributed by atoms with E-state index in [1.807, 2.05) is 0 Å². The Morgan fingerprint density at radius 3 is 2.50 bits per heavy atom. The molecule has 8 heavy (non-hydrogen) atoms.